The first-order valence-electron chi connectivity index (χ1n) is 7.54. The Labute approximate surface area is 143 Å². The molecule has 0 radical (unpaired) electrons. The lowest BCUT2D eigenvalue weighted by molar-refractivity contribution is 0.178. The molecule has 126 valence electrons. The van der Waals surface area contributed by atoms with E-state index in [1.807, 2.05) is 22.7 Å². The van der Waals surface area contributed by atoms with Gasteiger partial charge in [0.2, 0.25) is 0 Å². The molecule has 24 heavy (non-hydrogen) atoms. The van der Waals surface area contributed by atoms with Crippen LogP contribution < -0.4 is 5.56 Å². The topological polar surface area (TPSA) is 75.7 Å². The number of aliphatic hydroxyl groups is 1. The number of imidazole rings is 1. The van der Waals surface area contributed by atoms with E-state index in [1.165, 1.54) is 10.5 Å². The maximum Gasteiger partial charge on any atom is 0.258 e. The van der Waals surface area contributed by atoms with E-state index >= 15 is 0 Å². The highest BCUT2D eigenvalue weighted by molar-refractivity contribution is 6.30. The molecule has 0 bridgehead atoms. The van der Waals surface area contributed by atoms with Crippen LogP contribution in [0.25, 0.3) is 5.65 Å². The Morgan fingerprint density at radius 3 is 2.88 bits per heavy atom. The Morgan fingerprint density at radius 1 is 1.33 bits per heavy atom. The molecule has 0 aliphatic heterocycles. The van der Waals surface area contributed by atoms with Crippen LogP contribution in [0.15, 0.2) is 41.6 Å². The first-order valence-corrected chi connectivity index (χ1v) is 7.92. The Kier molecular flexibility index (Phi) is 4.94. The maximum atomic E-state index is 12.2. The lowest BCUT2D eigenvalue weighted by Gasteiger charge is -2.20. The molecule has 1 N–H and O–H groups in total. The molecule has 0 saturated carbocycles. The van der Waals surface area contributed by atoms with E-state index in [9.17, 15) is 9.90 Å². The Morgan fingerprint density at radius 2 is 2.17 bits per heavy atom. The Bertz CT molecular complexity index is 905. The van der Waals surface area contributed by atoms with Crippen LogP contribution in [0, 0.1) is 0 Å². The fraction of sp³-hybridized carbons (Fsp3) is 0.312. The Balaban J connectivity index is 1.87. The van der Waals surface area contributed by atoms with Gasteiger partial charge in [0.25, 0.3) is 5.56 Å². The SMILES string of the molecule is Cn1ccnc1CN(CCO)Cc1cc(=O)n2cc(Cl)ccc2n1. The van der Waals surface area contributed by atoms with Crippen LogP contribution in [0.5, 0.6) is 0 Å². The Hall–Kier alpha value is -2.22. The lowest BCUT2D eigenvalue weighted by Crippen LogP contribution is -2.29. The molecular weight excluding hydrogens is 330 g/mol. The average Bonchev–Trinajstić information content (AvgIpc) is 2.93. The van der Waals surface area contributed by atoms with Gasteiger partial charge in [-0.1, -0.05) is 11.6 Å². The summed E-state index contributed by atoms with van der Waals surface area (Å²) in [6, 6.07) is 4.90. The summed E-state index contributed by atoms with van der Waals surface area (Å²) in [4.78, 5) is 23.0. The summed E-state index contributed by atoms with van der Waals surface area (Å²) in [6.45, 7) is 1.49. The zero-order valence-electron chi connectivity index (χ0n) is 13.3. The van der Waals surface area contributed by atoms with Gasteiger partial charge in [-0.2, -0.15) is 0 Å². The highest BCUT2D eigenvalue weighted by Gasteiger charge is 2.12. The van der Waals surface area contributed by atoms with Crippen molar-refractivity contribution in [2.24, 2.45) is 7.05 Å². The molecule has 0 amide bonds. The van der Waals surface area contributed by atoms with Crippen LogP contribution in [-0.4, -0.2) is 42.1 Å². The number of aromatic nitrogens is 4. The first kappa shape index (κ1) is 16.6. The van der Waals surface area contributed by atoms with Crippen molar-refractivity contribution in [3.63, 3.8) is 0 Å². The number of aliphatic hydroxyl groups excluding tert-OH is 1. The van der Waals surface area contributed by atoms with Crippen molar-refractivity contribution in [2.45, 2.75) is 13.1 Å². The van der Waals surface area contributed by atoms with Gasteiger partial charge in [0.15, 0.2) is 0 Å². The second-order valence-electron chi connectivity index (χ2n) is 5.55. The number of hydrogen-bond acceptors (Lipinski definition) is 5. The average molecular weight is 348 g/mol. The van der Waals surface area contributed by atoms with Gasteiger partial charge in [0, 0.05) is 44.8 Å². The molecular formula is C16H18ClN5O2. The second-order valence-corrected chi connectivity index (χ2v) is 5.99. The van der Waals surface area contributed by atoms with Crippen molar-refractivity contribution in [3.05, 3.63) is 63.7 Å². The molecule has 0 unspecified atom stereocenters. The van der Waals surface area contributed by atoms with Crippen LogP contribution in [0.4, 0.5) is 0 Å². The van der Waals surface area contributed by atoms with Gasteiger partial charge in [-0.3, -0.25) is 14.1 Å². The molecule has 0 aliphatic rings. The normalized spacial score (nSPS) is 11.5. The van der Waals surface area contributed by atoms with Gasteiger partial charge in [-0.25, -0.2) is 9.97 Å². The summed E-state index contributed by atoms with van der Waals surface area (Å²) in [7, 11) is 1.92. The number of nitrogens with zero attached hydrogens (tertiary/aromatic N) is 5. The minimum atomic E-state index is -0.182. The molecule has 0 aliphatic carbocycles. The minimum absolute atomic E-state index is 0.0204. The van der Waals surface area contributed by atoms with Crippen LogP contribution in [0.3, 0.4) is 0 Å². The van der Waals surface area contributed by atoms with Crippen LogP contribution in [-0.2, 0) is 20.1 Å². The van der Waals surface area contributed by atoms with Crippen molar-refractivity contribution in [1.29, 1.82) is 0 Å². The monoisotopic (exact) mass is 347 g/mol. The van der Waals surface area contributed by atoms with Gasteiger partial charge in [0.1, 0.15) is 11.5 Å². The van der Waals surface area contributed by atoms with E-state index < -0.39 is 0 Å². The quantitative estimate of drug-likeness (QED) is 0.722. The molecule has 0 saturated heterocycles. The second kappa shape index (κ2) is 7.12. The zero-order chi connectivity index (χ0) is 17.1. The molecule has 7 nitrogen and oxygen atoms in total. The van der Waals surface area contributed by atoms with Crippen LogP contribution in [0.1, 0.15) is 11.5 Å². The van der Waals surface area contributed by atoms with Gasteiger partial charge >= 0.3 is 0 Å². The standard InChI is InChI=1S/C16H18ClN5O2/c1-20-5-4-18-15(20)11-21(6-7-23)10-13-8-16(24)22-9-12(17)2-3-14(22)19-13/h2-5,8-9,23H,6-7,10-11H2,1H3. The van der Waals surface area contributed by atoms with Gasteiger partial charge in [-0.05, 0) is 12.1 Å². The molecule has 8 heteroatoms. The van der Waals surface area contributed by atoms with Crippen molar-refractivity contribution in [1.82, 2.24) is 23.8 Å². The van der Waals surface area contributed by atoms with Crippen molar-refractivity contribution < 1.29 is 5.11 Å². The van der Waals surface area contributed by atoms with Crippen LogP contribution >= 0.6 is 11.6 Å². The number of hydrogen-bond donors (Lipinski definition) is 1. The number of fused-ring (bicyclic) bond motifs is 1. The van der Waals surface area contributed by atoms with Gasteiger partial charge < -0.3 is 9.67 Å². The predicted molar refractivity (Wildman–Crippen MR) is 90.9 cm³/mol. The molecule has 3 aromatic rings. The summed E-state index contributed by atoms with van der Waals surface area (Å²) >= 11 is 5.92. The van der Waals surface area contributed by atoms with Crippen molar-refractivity contribution in [3.8, 4) is 0 Å². The minimum Gasteiger partial charge on any atom is -0.395 e. The fourth-order valence-electron chi connectivity index (χ4n) is 2.54. The molecule has 0 aromatic carbocycles. The van der Waals surface area contributed by atoms with E-state index in [0.717, 1.165) is 5.82 Å². The third-order valence-corrected chi connectivity index (χ3v) is 3.99. The molecule has 3 rings (SSSR count). The highest BCUT2D eigenvalue weighted by Crippen LogP contribution is 2.10. The summed E-state index contributed by atoms with van der Waals surface area (Å²) in [6.07, 6.45) is 5.16. The number of halogens is 1. The third kappa shape index (κ3) is 3.64. The maximum absolute atomic E-state index is 12.2. The van der Waals surface area contributed by atoms with E-state index in [1.54, 1.807) is 24.5 Å². The van der Waals surface area contributed by atoms with Crippen molar-refractivity contribution in [2.75, 3.05) is 13.2 Å². The predicted octanol–water partition coefficient (Wildman–Crippen LogP) is 1.08. The fourth-order valence-corrected chi connectivity index (χ4v) is 2.70. The van der Waals surface area contributed by atoms with E-state index in [2.05, 4.69) is 9.97 Å². The molecule has 0 spiro atoms. The molecule has 3 heterocycles. The summed E-state index contributed by atoms with van der Waals surface area (Å²) in [5.74, 6) is 0.882. The van der Waals surface area contributed by atoms with Gasteiger partial charge in [-0.15, -0.1) is 0 Å². The van der Waals surface area contributed by atoms with Gasteiger partial charge in [0.05, 0.1) is 23.9 Å². The lowest BCUT2D eigenvalue weighted by atomic mass is 10.3. The van der Waals surface area contributed by atoms with E-state index in [4.69, 9.17) is 11.6 Å². The summed E-state index contributed by atoms with van der Waals surface area (Å²) < 4.78 is 3.34. The largest absolute Gasteiger partial charge is 0.395 e. The van der Waals surface area contributed by atoms with E-state index in [-0.39, 0.29) is 12.2 Å². The molecule has 0 atom stereocenters. The molecule has 0 fully saturated rings. The number of rotatable bonds is 6. The third-order valence-electron chi connectivity index (χ3n) is 3.76. The summed E-state index contributed by atoms with van der Waals surface area (Å²) in [5.41, 5.74) is 1.01. The van der Waals surface area contributed by atoms with Crippen molar-refractivity contribution >= 4 is 17.2 Å². The first-order chi connectivity index (χ1) is 11.6. The number of pyridine rings is 1. The van der Waals surface area contributed by atoms with Crippen LogP contribution in [0.2, 0.25) is 5.02 Å². The number of aryl methyl sites for hydroxylation is 1. The highest BCUT2D eigenvalue weighted by atomic mass is 35.5. The molecule has 3 aromatic heterocycles. The van der Waals surface area contributed by atoms with E-state index in [0.29, 0.717) is 36.0 Å². The summed E-state index contributed by atoms with van der Waals surface area (Å²) in [5, 5.41) is 9.78. The zero-order valence-corrected chi connectivity index (χ0v) is 14.0. The smallest absolute Gasteiger partial charge is 0.258 e.